The Balaban J connectivity index is 2.02. The van der Waals surface area contributed by atoms with E-state index in [-0.39, 0.29) is 23.2 Å². The maximum atomic E-state index is 11.7. The lowest BCUT2D eigenvalue weighted by Gasteiger charge is -2.23. The van der Waals surface area contributed by atoms with Crippen LogP contribution in [0.25, 0.3) is 0 Å². The van der Waals surface area contributed by atoms with E-state index in [9.17, 15) is 19.2 Å². The van der Waals surface area contributed by atoms with Gasteiger partial charge in [-0.05, 0) is 13.8 Å². The van der Waals surface area contributed by atoms with Crippen LogP contribution in [0, 0.1) is 5.92 Å². The van der Waals surface area contributed by atoms with E-state index in [4.69, 9.17) is 9.47 Å². The summed E-state index contributed by atoms with van der Waals surface area (Å²) in [5, 5.41) is 2.60. The Labute approximate surface area is 173 Å². The molecule has 0 unspecified atom stereocenters. The van der Waals surface area contributed by atoms with Crippen molar-refractivity contribution in [1.29, 1.82) is 0 Å². The molecule has 158 valence electrons. The SMILES string of the molecule is CC(C)C(=O)OCC(C)(C)SSCCOCCNC(=O)CN1C(=O)C=CC1=O. The van der Waals surface area contributed by atoms with Crippen molar-refractivity contribution in [2.24, 2.45) is 5.92 Å². The fourth-order valence-electron chi connectivity index (χ4n) is 1.88. The Morgan fingerprint density at radius 3 is 2.43 bits per heavy atom. The van der Waals surface area contributed by atoms with Crippen LogP contribution in [-0.4, -0.2) is 72.0 Å². The van der Waals surface area contributed by atoms with Gasteiger partial charge in [0, 0.05) is 24.4 Å². The van der Waals surface area contributed by atoms with Crippen molar-refractivity contribution in [3.63, 3.8) is 0 Å². The maximum absolute atomic E-state index is 11.7. The summed E-state index contributed by atoms with van der Waals surface area (Å²) < 4.78 is 10.5. The second kappa shape index (κ2) is 12.1. The molecule has 0 radical (unpaired) electrons. The number of esters is 1. The van der Waals surface area contributed by atoms with Gasteiger partial charge in [-0.2, -0.15) is 0 Å². The molecule has 1 aliphatic rings. The molecule has 0 saturated carbocycles. The van der Waals surface area contributed by atoms with E-state index in [1.165, 1.54) is 0 Å². The van der Waals surface area contributed by atoms with Crippen LogP contribution in [0.4, 0.5) is 0 Å². The summed E-state index contributed by atoms with van der Waals surface area (Å²) in [5.41, 5.74) is 0. The lowest BCUT2D eigenvalue weighted by Crippen LogP contribution is -2.41. The molecule has 1 heterocycles. The average molecular weight is 433 g/mol. The number of ether oxygens (including phenoxy) is 2. The van der Waals surface area contributed by atoms with Crippen LogP contribution in [0.15, 0.2) is 12.2 Å². The first-order valence-corrected chi connectivity index (χ1v) is 11.3. The van der Waals surface area contributed by atoms with E-state index in [0.29, 0.717) is 26.4 Å². The second-order valence-corrected chi connectivity index (χ2v) is 10.1. The molecule has 0 aromatic carbocycles. The molecule has 8 nitrogen and oxygen atoms in total. The third kappa shape index (κ3) is 9.61. The van der Waals surface area contributed by atoms with Crippen molar-refractivity contribution in [3.05, 3.63) is 12.2 Å². The molecule has 0 spiro atoms. The zero-order chi connectivity index (χ0) is 21.2. The van der Waals surface area contributed by atoms with E-state index < -0.39 is 17.7 Å². The number of hydrogen-bond donors (Lipinski definition) is 1. The monoisotopic (exact) mass is 432 g/mol. The molecule has 28 heavy (non-hydrogen) atoms. The van der Waals surface area contributed by atoms with Crippen LogP contribution in [-0.2, 0) is 28.7 Å². The summed E-state index contributed by atoms with van der Waals surface area (Å²) in [6.07, 6.45) is 2.29. The predicted molar refractivity (Wildman–Crippen MR) is 110 cm³/mol. The molecular formula is C18H28N2O6S2. The minimum Gasteiger partial charge on any atom is -0.464 e. The molecule has 1 aliphatic heterocycles. The molecule has 0 aromatic heterocycles. The molecular weight excluding hydrogens is 404 g/mol. The van der Waals surface area contributed by atoms with Gasteiger partial charge in [0.1, 0.15) is 13.2 Å². The van der Waals surface area contributed by atoms with Crippen molar-refractivity contribution in [3.8, 4) is 0 Å². The third-order valence-corrected chi connectivity index (χ3v) is 6.63. The van der Waals surface area contributed by atoms with E-state index in [1.54, 1.807) is 35.4 Å². The van der Waals surface area contributed by atoms with Gasteiger partial charge in [0.05, 0.1) is 23.9 Å². The van der Waals surface area contributed by atoms with Gasteiger partial charge in [0.15, 0.2) is 0 Å². The molecule has 0 atom stereocenters. The number of carbonyl (C=O) groups is 4. The van der Waals surface area contributed by atoms with E-state index >= 15 is 0 Å². The first-order chi connectivity index (χ1) is 13.1. The van der Waals surface area contributed by atoms with Gasteiger partial charge >= 0.3 is 5.97 Å². The molecule has 1 rings (SSSR count). The maximum Gasteiger partial charge on any atom is 0.308 e. The first-order valence-electron chi connectivity index (χ1n) is 8.97. The largest absolute Gasteiger partial charge is 0.464 e. The van der Waals surface area contributed by atoms with Crippen LogP contribution in [0.5, 0.6) is 0 Å². The van der Waals surface area contributed by atoms with E-state index in [1.807, 2.05) is 13.8 Å². The minimum absolute atomic E-state index is 0.129. The number of imide groups is 1. The smallest absolute Gasteiger partial charge is 0.308 e. The standard InChI is InChI=1S/C18H28N2O6S2/c1-13(2)17(24)26-12-18(3,4)28-27-10-9-25-8-7-19-14(21)11-20-15(22)5-6-16(20)23/h5-6,13H,7-12H2,1-4H3,(H,19,21). The quantitative estimate of drug-likeness (QED) is 0.202. The molecule has 0 aromatic rings. The summed E-state index contributed by atoms with van der Waals surface area (Å²) in [7, 11) is 3.26. The van der Waals surface area contributed by atoms with Crippen LogP contribution < -0.4 is 5.32 Å². The number of carbonyl (C=O) groups excluding carboxylic acids is 4. The first kappa shape index (κ1) is 24.5. The Morgan fingerprint density at radius 2 is 1.82 bits per heavy atom. The van der Waals surface area contributed by atoms with Gasteiger partial charge in [-0.1, -0.05) is 35.4 Å². The van der Waals surface area contributed by atoms with Gasteiger partial charge < -0.3 is 14.8 Å². The van der Waals surface area contributed by atoms with E-state index in [2.05, 4.69) is 5.32 Å². The molecule has 3 amide bonds. The highest BCUT2D eigenvalue weighted by Crippen LogP contribution is 2.35. The Morgan fingerprint density at radius 1 is 1.18 bits per heavy atom. The van der Waals surface area contributed by atoms with Crippen molar-refractivity contribution < 1.29 is 28.7 Å². The molecule has 0 bridgehead atoms. The Bertz CT molecular complexity index is 589. The van der Waals surface area contributed by atoms with E-state index in [0.717, 1.165) is 22.8 Å². The summed E-state index contributed by atoms with van der Waals surface area (Å²) in [4.78, 5) is 46.8. The summed E-state index contributed by atoms with van der Waals surface area (Å²) >= 11 is 0. The average Bonchev–Trinajstić information content (AvgIpc) is 2.93. The fraction of sp³-hybridized carbons (Fsp3) is 0.667. The van der Waals surface area contributed by atoms with Gasteiger partial charge in [0.25, 0.3) is 11.8 Å². The highest BCUT2D eigenvalue weighted by molar-refractivity contribution is 8.77. The van der Waals surface area contributed by atoms with Gasteiger partial charge in [0.2, 0.25) is 5.91 Å². The van der Waals surface area contributed by atoms with Crippen LogP contribution in [0.2, 0.25) is 0 Å². The number of amides is 3. The lowest BCUT2D eigenvalue weighted by molar-refractivity contribution is -0.148. The Kier molecular flexibility index (Phi) is 10.6. The summed E-state index contributed by atoms with van der Waals surface area (Å²) in [5.74, 6) is -0.936. The van der Waals surface area contributed by atoms with Crippen LogP contribution in [0.3, 0.4) is 0 Å². The lowest BCUT2D eigenvalue weighted by atomic mass is 10.2. The fourth-order valence-corrected chi connectivity index (χ4v) is 4.13. The minimum atomic E-state index is -0.479. The molecule has 0 aliphatic carbocycles. The van der Waals surface area contributed by atoms with Crippen molar-refractivity contribution in [1.82, 2.24) is 10.2 Å². The molecule has 0 saturated heterocycles. The molecule has 1 N–H and O–H groups in total. The number of hydrogen-bond acceptors (Lipinski definition) is 8. The van der Waals surface area contributed by atoms with Crippen molar-refractivity contribution >= 4 is 45.3 Å². The number of nitrogens with zero attached hydrogens (tertiary/aromatic N) is 1. The van der Waals surface area contributed by atoms with Gasteiger partial charge in [-0.15, -0.1) is 0 Å². The number of rotatable bonds is 13. The highest BCUT2D eigenvalue weighted by Gasteiger charge is 2.25. The predicted octanol–water partition coefficient (Wildman–Crippen LogP) is 1.40. The molecule has 0 fully saturated rings. The Hall–Kier alpha value is -1.52. The summed E-state index contributed by atoms with van der Waals surface area (Å²) in [6.45, 7) is 8.87. The highest BCUT2D eigenvalue weighted by atomic mass is 33.1. The van der Waals surface area contributed by atoms with Crippen molar-refractivity contribution in [2.75, 3.05) is 38.7 Å². The third-order valence-electron chi connectivity index (χ3n) is 3.40. The van der Waals surface area contributed by atoms with Gasteiger partial charge in [-0.25, -0.2) is 0 Å². The van der Waals surface area contributed by atoms with Crippen molar-refractivity contribution in [2.45, 2.75) is 32.4 Å². The van der Waals surface area contributed by atoms with Gasteiger partial charge in [-0.3, -0.25) is 24.1 Å². The zero-order valence-corrected chi connectivity index (χ0v) is 18.3. The number of nitrogens with one attached hydrogen (secondary N) is 1. The normalized spacial score (nSPS) is 14.1. The topological polar surface area (TPSA) is 102 Å². The molecule has 10 heteroatoms. The van der Waals surface area contributed by atoms with Crippen LogP contribution in [0.1, 0.15) is 27.7 Å². The summed E-state index contributed by atoms with van der Waals surface area (Å²) in [6, 6.07) is 0. The van der Waals surface area contributed by atoms with Crippen LogP contribution >= 0.6 is 21.6 Å². The second-order valence-electron chi connectivity index (χ2n) is 6.99. The zero-order valence-electron chi connectivity index (χ0n) is 16.7.